The van der Waals surface area contributed by atoms with E-state index in [4.69, 9.17) is 5.73 Å². The van der Waals surface area contributed by atoms with Crippen molar-refractivity contribution in [3.63, 3.8) is 0 Å². The molecule has 0 spiro atoms. The zero-order valence-corrected chi connectivity index (χ0v) is 14.4. The van der Waals surface area contributed by atoms with Gasteiger partial charge >= 0.3 is 0 Å². The van der Waals surface area contributed by atoms with Crippen LogP contribution in [0.3, 0.4) is 0 Å². The Morgan fingerprint density at radius 2 is 1.86 bits per heavy atom. The lowest BCUT2D eigenvalue weighted by Gasteiger charge is -2.51. The maximum Gasteiger partial charge on any atom is 0.242 e. The first-order valence-electron chi connectivity index (χ1n) is 8.22. The number of carbonyl (C=O) groups is 1. The maximum atomic E-state index is 12.3. The molecule has 0 aliphatic carbocycles. The molecule has 5 heteroatoms. The second-order valence-electron chi connectivity index (χ2n) is 7.80. The second kappa shape index (κ2) is 5.86. The third kappa shape index (κ3) is 3.58. The smallest absolute Gasteiger partial charge is 0.242 e. The van der Waals surface area contributed by atoms with Crippen molar-refractivity contribution in [3.8, 4) is 0 Å². The molecule has 2 heterocycles. The van der Waals surface area contributed by atoms with Gasteiger partial charge in [0.05, 0.1) is 12.2 Å². The molecule has 0 radical (unpaired) electrons. The van der Waals surface area contributed by atoms with E-state index in [1.54, 1.807) is 13.8 Å². The van der Waals surface area contributed by atoms with E-state index in [1.165, 1.54) is 0 Å². The van der Waals surface area contributed by atoms with Gasteiger partial charge in [0.2, 0.25) is 5.91 Å². The molecule has 2 rings (SSSR count). The molecule has 2 aliphatic rings. The number of hydrogen-bond acceptors (Lipinski definition) is 4. The van der Waals surface area contributed by atoms with Gasteiger partial charge in [-0.2, -0.15) is 0 Å². The number of nitrogens with zero attached hydrogens (tertiary/aromatic N) is 3. The maximum absolute atomic E-state index is 12.3. The molecule has 0 bridgehead atoms. The predicted molar refractivity (Wildman–Crippen MR) is 85.9 cm³/mol. The molecule has 1 amide bonds. The molecule has 0 saturated carbocycles. The Labute approximate surface area is 129 Å². The van der Waals surface area contributed by atoms with Gasteiger partial charge in [0.15, 0.2) is 0 Å². The van der Waals surface area contributed by atoms with Gasteiger partial charge in [0.1, 0.15) is 0 Å². The Bertz CT molecular complexity index is 388. The van der Waals surface area contributed by atoms with E-state index in [-0.39, 0.29) is 11.4 Å². The zero-order valence-electron chi connectivity index (χ0n) is 14.4. The van der Waals surface area contributed by atoms with E-state index in [1.807, 2.05) is 4.90 Å². The first-order chi connectivity index (χ1) is 9.65. The number of nitrogens with two attached hydrogens (primary N) is 1. The van der Waals surface area contributed by atoms with E-state index >= 15 is 0 Å². The lowest BCUT2D eigenvalue weighted by molar-refractivity contribution is -0.141. The number of hydrogen-bond donors (Lipinski definition) is 1. The molecule has 122 valence electrons. The zero-order chi connectivity index (χ0) is 15.8. The van der Waals surface area contributed by atoms with Crippen molar-refractivity contribution in [2.24, 2.45) is 5.73 Å². The summed E-state index contributed by atoms with van der Waals surface area (Å²) in [7, 11) is 0. The molecule has 2 N–H and O–H groups in total. The monoisotopic (exact) mass is 296 g/mol. The first kappa shape index (κ1) is 16.7. The minimum atomic E-state index is -0.757. The molecule has 2 saturated heterocycles. The van der Waals surface area contributed by atoms with Crippen LogP contribution in [-0.2, 0) is 4.79 Å². The van der Waals surface area contributed by atoms with Gasteiger partial charge in [-0.1, -0.05) is 6.92 Å². The molecule has 0 aromatic carbocycles. The van der Waals surface area contributed by atoms with E-state index in [9.17, 15) is 4.79 Å². The second-order valence-corrected chi connectivity index (χ2v) is 7.80. The number of piperazine rings is 1. The number of rotatable bonds is 3. The molecule has 1 unspecified atom stereocenters. The molecule has 2 aliphatic heterocycles. The Balaban J connectivity index is 1.96. The Morgan fingerprint density at radius 3 is 2.43 bits per heavy atom. The molecular weight excluding hydrogens is 264 g/mol. The van der Waals surface area contributed by atoms with Gasteiger partial charge in [-0.05, 0) is 40.5 Å². The van der Waals surface area contributed by atoms with Crippen LogP contribution >= 0.6 is 0 Å². The lowest BCUT2D eigenvalue weighted by atomic mass is 9.95. The highest BCUT2D eigenvalue weighted by atomic mass is 16.2. The summed E-state index contributed by atoms with van der Waals surface area (Å²) in [5.74, 6) is 0.0819. The summed E-state index contributed by atoms with van der Waals surface area (Å²) in [6.45, 7) is 15.2. The summed E-state index contributed by atoms with van der Waals surface area (Å²) in [5.41, 5.74) is 5.47. The minimum absolute atomic E-state index is 0.0819. The summed E-state index contributed by atoms with van der Waals surface area (Å²) < 4.78 is 0. The van der Waals surface area contributed by atoms with Crippen LogP contribution in [0, 0.1) is 0 Å². The molecule has 2 fully saturated rings. The van der Waals surface area contributed by atoms with Crippen LogP contribution in [0.15, 0.2) is 0 Å². The highest BCUT2D eigenvalue weighted by Crippen LogP contribution is 2.27. The third-order valence-corrected chi connectivity index (χ3v) is 5.25. The first-order valence-corrected chi connectivity index (χ1v) is 8.22. The van der Waals surface area contributed by atoms with Crippen LogP contribution in [0.1, 0.15) is 47.5 Å². The largest absolute Gasteiger partial charge is 0.338 e. The quantitative estimate of drug-likeness (QED) is 0.847. The van der Waals surface area contributed by atoms with Gasteiger partial charge in [0, 0.05) is 37.8 Å². The molecular formula is C16H32N4O. The Hall–Kier alpha value is -0.650. The van der Waals surface area contributed by atoms with Crippen LogP contribution in [-0.4, -0.2) is 70.6 Å². The van der Waals surface area contributed by atoms with Crippen molar-refractivity contribution in [3.05, 3.63) is 0 Å². The fourth-order valence-electron chi connectivity index (χ4n) is 3.26. The van der Waals surface area contributed by atoms with Crippen LogP contribution in [0.4, 0.5) is 0 Å². The van der Waals surface area contributed by atoms with Gasteiger partial charge in [-0.15, -0.1) is 0 Å². The summed E-state index contributed by atoms with van der Waals surface area (Å²) in [5, 5.41) is 0. The lowest BCUT2D eigenvalue weighted by Crippen LogP contribution is -2.65. The van der Waals surface area contributed by atoms with E-state index in [0.717, 1.165) is 45.7 Å². The molecule has 0 aromatic rings. The molecule has 1 atom stereocenters. The van der Waals surface area contributed by atoms with Crippen molar-refractivity contribution >= 4 is 5.91 Å². The summed E-state index contributed by atoms with van der Waals surface area (Å²) >= 11 is 0. The van der Waals surface area contributed by atoms with Crippen LogP contribution in [0.2, 0.25) is 0 Å². The normalized spacial score (nSPS) is 25.8. The van der Waals surface area contributed by atoms with Gasteiger partial charge in [0.25, 0.3) is 0 Å². The standard InChI is InChI=1S/C16H32N4O/c1-6-15(2,3)20-8-7-13-11-18(9-10-19(13)12-20)14(21)16(4,5)17/h13H,6-12,17H2,1-5H3. The molecule has 0 aromatic heterocycles. The van der Waals surface area contributed by atoms with Gasteiger partial charge in [-0.3, -0.25) is 14.6 Å². The summed E-state index contributed by atoms with van der Waals surface area (Å²) in [6.07, 6.45) is 2.30. The molecule has 21 heavy (non-hydrogen) atoms. The Morgan fingerprint density at radius 1 is 1.19 bits per heavy atom. The van der Waals surface area contributed by atoms with Crippen molar-refractivity contribution in [1.82, 2.24) is 14.7 Å². The van der Waals surface area contributed by atoms with E-state index in [0.29, 0.717) is 6.04 Å². The summed E-state index contributed by atoms with van der Waals surface area (Å²) in [4.78, 5) is 19.4. The van der Waals surface area contributed by atoms with Crippen LogP contribution < -0.4 is 5.73 Å². The minimum Gasteiger partial charge on any atom is -0.338 e. The fraction of sp³-hybridized carbons (Fsp3) is 0.938. The summed E-state index contributed by atoms with van der Waals surface area (Å²) in [6, 6.07) is 0.494. The average molecular weight is 296 g/mol. The fourth-order valence-corrected chi connectivity index (χ4v) is 3.26. The number of fused-ring (bicyclic) bond motifs is 1. The van der Waals surface area contributed by atoms with Crippen LogP contribution in [0.25, 0.3) is 0 Å². The van der Waals surface area contributed by atoms with Gasteiger partial charge < -0.3 is 10.6 Å². The van der Waals surface area contributed by atoms with Crippen molar-refractivity contribution in [2.45, 2.75) is 64.6 Å². The number of amides is 1. The SMILES string of the molecule is CCC(C)(C)N1CCC2CN(C(=O)C(C)(C)N)CCN2C1. The predicted octanol–water partition coefficient (Wildman–Crippen LogP) is 1.09. The van der Waals surface area contributed by atoms with E-state index < -0.39 is 5.54 Å². The van der Waals surface area contributed by atoms with Crippen LogP contribution in [0.5, 0.6) is 0 Å². The topological polar surface area (TPSA) is 52.8 Å². The average Bonchev–Trinajstić information content (AvgIpc) is 2.44. The van der Waals surface area contributed by atoms with Gasteiger partial charge in [-0.25, -0.2) is 0 Å². The third-order valence-electron chi connectivity index (χ3n) is 5.25. The van der Waals surface area contributed by atoms with Crippen molar-refractivity contribution in [2.75, 3.05) is 32.8 Å². The van der Waals surface area contributed by atoms with Crippen molar-refractivity contribution < 1.29 is 4.79 Å². The molecule has 5 nitrogen and oxygen atoms in total. The van der Waals surface area contributed by atoms with E-state index in [2.05, 4.69) is 30.6 Å². The van der Waals surface area contributed by atoms with Crippen molar-refractivity contribution in [1.29, 1.82) is 0 Å². The highest BCUT2D eigenvalue weighted by molar-refractivity contribution is 5.85. The highest BCUT2D eigenvalue weighted by Gasteiger charge is 2.39. The number of carbonyl (C=O) groups excluding carboxylic acids is 1. The Kier molecular flexibility index (Phi) is 4.66.